The molecule has 2 aromatic rings. The topological polar surface area (TPSA) is 28.7 Å². The lowest BCUT2D eigenvalue weighted by atomic mass is 10.0. The second-order valence-electron chi connectivity index (χ2n) is 3.88. The molecule has 0 amide bonds. The van der Waals surface area contributed by atoms with Crippen molar-refractivity contribution in [3.05, 3.63) is 46.1 Å². The molecule has 17 heavy (non-hydrogen) atoms. The maximum Gasteiger partial charge on any atom is 0.133 e. The van der Waals surface area contributed by atoms with Crippen LogP contribution in [0, 0.1) is 17.4 Å². The van der Waals surface area contributed by atoms with E-state index < -0.39 is 0 Å². The molecule has 1 heterocycles. The van der Waals surface area contributed by atoms with E-state index in [2.05, 4.69) is 9.97 Å². The van der Waals surface area contributed by atoms with E-state index in [1.165, 1.54) is 6.07 Å². The smallest absolute Gasteiger partial charge is 0.133 e. The number of aromatic amines is 1. The summed E-state index contributed by atoms with van der Waals surface area (Å²) < 4.78 is 13.8. The van der Waals surface area contributed by atoms with Gasteiger partial charge in [-0.1, -0.05) is 19.1 Å². The molecule has 0 aliphatic heterocycles. The Hall–Kier alpha value is -1.55. The Kier molecular flexibility index (Phi) is 3.33. The van der Waals surface area contributed by atoms with Crippen molar-refractivity contribution in [3.8, 4) is 11.3 Å². The van der Waals surface area contributed by atoms with Gasteiger partial charge in [-0.05, 0) is 42.7 Å². The average molecular weight is 248 g/mol. The third-order valence-electron chi connectivity index (χ3n) is 2.75. The first-order valence-corrected chi connectivity index (χ1v) is 5.87. The first-order chi connectivity index (χ1) is 8.13. The Morgan fingerprint density at radius 3 is 2.82 bits per heavy atom. The number of halogens is 1. The Bertz CT molecular complexity index is 605. The summed E-state index contributed by atoms with van der Waals surface area (Å²) >= 11 is 5.19. The highest BCUT2D eigenvalue weighted by atomic mass is 32.1. The summed E-state index contributed by atoms with van der Waals surface area (Å²) in [5, 5.41) is 0. The van der Waals surface area contributed by atoms with E-state index in [-0.39, 0.29) is 5.82 Å². The van der Waals surface area contributed by atoms with Crippen LogP contribution in [-0.4, -0.2) is 9.97 Å². The monoisotopic (exact) mass is 248 g/mol. The minimum Gasteiger partial charge on any atom is -0.346 e. The van der Waals surface area contributed by atoms with Crippen LogP contribution in [0.1, 0.15) is 18.1 Å². The Morgan fingerprint density at radius 1 is 1.41 bits per heavy atom. The van der Waals surface area contributed by atoms with Crippen LogP contribution in [0.4, 0.5) is 4.39 Å². The molecule has 0 radical (unpaired) electrons. The van der Waals surface area contributed by atoms with Gasteiger partial charge in [0, 0.05) is 5.56 Å². The predicted molar refractivity (Wildman–Crippen MR) is 68.9 cm³/mol. The molecule has 1 N–H and O–H groups in total. The van der Waals surface area contributed by atoms with Crippen molar-refractivity contribution in [2.75, 3.05) is 0 Å². The van der Waals surface area contributed by atoms with Crippen LogP contribution in [-0.2, 0) is 6.42 Å². The number of H-pyrrole nitrogens is 1. The minimum atomic E-state index is -0.195. The second kappa shape index (κ2) is 4.75. The van der Waals surface area contributed by atoms with Gasteiger partial charge in [-0.15, -0.1) is 0 Å². The summed E-state index contributed by atoms with van der Waals surface area (Å²) in [5.41, 5.74) is 3.49. The lowest BCUT2D eigenvalue weighted by Gasteiger charge is -2.08. The van der Waals surface area contributed by atoms with Gasteiger partial charge in [0.05, 0.1) is 12.0 Å². The quantitative estimate of drug-likeness (QED) is 0.818. The molecule has 0 atom stereocenters. The molecule has 0 fully saturated rings. The van der Waals surface area contributed by atoms with Crippen LogP contribution in [0.25, 0.3) is 11.3 Å². The van der Waals surface area contributed by atoms with Crippen LogP contribution in [0.5, 0.6) is 0 Å². The highest BCUT2D eigenvalue weighted by Crippen LogP contribution is 2.23. The molecule has 0 bridgehead atoms. The minimum absolute atomic E-state index is 0.195. The summed E-state index contributed by atoms with van der Waals surface area (Å²) in [6, 6.07) is 5.04. The van der Waals surface area contributed by atoms with Crippen LogP contribution in [0.15, 0.2) is 24.5 Å². The van der Waals surface area contributed by atoms with Gasteiger partial charge in [0.15, 0.2) is 0 Å². The van der Waals surface area contributed by atoms with Gasteiger partial charge in [0.25, 0.3) is 0 Å². The number of aromatic nitrogens is 2. The standard InChI is InChI=1S/C13H13FN2S/c1-3-10-12(15-7-16-13(10)17)9-4-5-11(14)8(2)6-9/h4-7H,3H2,1-2H3,(H,15,16,17). The molecule has 1 aromatic heterocycles. The zero-order valence-electron chi connectivity index (χ0n) is 9.75. The number of aryl methyl sites for hydroxylation is 1. The molecule has 1 aromatic carbocycles. The lowest BCUT2D eigenvalue weighted by Crippen LogP contribution is -1.96. The number of benzene rings is 1. The van der Waals surface area contributed by atoms with Crippen molar-refractivity contribution in [1.82, 2.24) is 9.97 Å². The third-order valence-corrected chi connectivity index (χ3v) is 3.10. The largest absolute Gasteiger partial charge is 0.346 e. The van der Waals surface area contributed by atoms with Gasteiger partial charge >= 0.3 is 0 Å². The maximum atomic E-state index is 13.2. The third kappa shape index (κ3) is 2.26. The summed E-state index contributed by atoms with van der Waals surface area (Å²) in [7, 11) is 0. The van der Waals surface area contributed by atoms with E-state index in [9.17, 15) is 4.39 Å². The Labute approximate surface area is 105 Å². The number of nitrogens with zero attached hydrogens (tertiary/aromatic N) is 1. The molecule has 2 rings (SSSR count). The van der Waals surface area contributed by atoms with Crippen molar-refractivity contribution >= 4 is 12.2 Å². The highest BCUT2D eigenvalue weighted by molar-refractivity contribution is 7.71. The van der Waals surface area contributed by atoms with Crippen LogP contribution in [0.2, 0.25) is 0 Å². The molecule has 0 unspecified atom stereocenters. The fourth-order valence-corrected chi connectivity index (χ4v) is 2.11. The zero-order chi connectivity index (χ0) is 12.4. The number of rotatable bonds is 2. The summed E-state index contributed by atoms with van der Waals surface area (Å²) in [4.78, 5) is 7.15. The van der Waals surface area contributed by atoms with Gasteiger partial charge in [0.2, 0.25) is 0 Å². The molecule has 2 nitrogen and oxygen atoms in total. The summed E-state index contributed by atoms with van der Waals surface area (Å²) in [6.07, 6.45) is 2.38. The Balaban J connectivity index is 2.64. The molecule has 0 aliphatic carbocycles. The van der Waals surface area contributed by atoms with Crippen LogP contribution in [0.3, 0.4) is 0 Å². The Morgan fingerprint density at radius 2 is 2.18 bits per heavy atom. The maximum absolute atomic E-state index is 13.2. The lowest BCUT2D eigenvalue weighted by molar-refractivity contribution is 0.618. The highest BCUT2D eigenvalue weighted by Gasteiger charge is 2.07. The van der Waals surface area contributed by atoms with Crippen molar-refractivity contribution in [2.45, 2.75) is 20.3 Å². The van der Waals surface area contributed by atoms with Crippen molar-refractivity contribution in [3.63, 3.8) is 0 Å². The van der Waals surface area contributed by atoms with E-state index in [1.807, 2.05) is 13.0 Å². The molecule has 88 valence electrons. The van der Waals surface area contributed by atoms with E-state index >= 15 is 0 Å². The van der Waals surface area contributed by atoms with Crippen molar-refractivity contribution in [2.24, 2.45) is 0 Å². The molecule has 0 saturated carbocycles. The first kappa shape index (κ1) is 11.9. The van der Waals surface area contributed by atoms with Gasteiger partial charge in [0.1, 0.15) is 10.5 Å². The molecule has 0 saturated heterocycles. The summed E-state index contributed by atoms with van der Waals surface area (Å²) in [6.45, 7) is 3.78. The number of hydrogen-bond acceptors (Lipinski definition) is 2. The van der Waals surface area contributed by atoms with Crippen LogP contribution >= 0.6 is 12.2 Å². The fraction of sp³-hybridized carbons (Fsp3) is 0.231. The molecule has 4 heteroatoms. The van der Waals surface area contributed by atoms with Gasteiger partial charge in [-0.3, -0.25) is 0 Å². The van der Waals surface area contributed by atoms with Crippen LogP contribution < -0.4 is 0 Å². The van der Waals surface area contributed by atoms with E-state index in [1.54, 1.807) is 19.3 Å². The van der Waals surface area contributed by atoms with E-state index in [4.69, 9.17) is 12.2 Å². The molecule has 0 aliphatic rings. The second-order valence-corrected chi connectivity index (χ2v) is 4.27. The first-order valence-electron chi connectivity index (χ1n) is 5.46. The average Bonchev–Trinajstić information content (AvgIpc) is 2.32. The summed E-state index contributed by atoms with van der Waals surface area (Å²) in [5.74, 6) is -0.195. The molecular formula is C13H13FN2S. The van der Waals surface area contributed by atoms with E-state index in [0.29, 0.717) is 10.2 Å². The molecule has 0 spiro atoms. The van der Waals surface area contributed by atoms with Gasteiger partial charge in [-0.25, -0.2) is 9.37 Å². The SMILES string of the molecule is CCc1c(-c2ccc(F)c(C)c2)[nH]cnc1=S. The number of hydrogen-bond donors (Lipinski definition) is 1. The van der Waals surface area contributed by atoms with Gasteiger partial charge < -0.3 is 4.98 Å². The molecular weight excluding hydrogens is 235 g/mol. The fourth-order valence-electron chi connectivity index (χ4n) is 1.81. The zero-order valence-corrected chi connectivity index (χ0v) is 10.6. The van der Waals surface area contributed by atoms with E-state index in [0.717, 1.165) is 23.2 Å². The predicted octanol–water partition coefficient (Wildman–Crippen LogP) is 3.82. The van der Waals surface area contributed by atoms with Crippen molar-refractivity contribution < 1.29 is 4.39 Å². The number of nitrogens with one attached hydrogen (secondary N) is 1. The normalized spacial score (nSPS) is 10.5. The van der Waals surface area contributed by atoms with Gasteiger partial charge in [-0.2, -0.15) is 0 Å². The van der Waals surface area contributed by atoms with Crippen molar-refractivity contribution in [1.29, 1.82) is 0 Å².